The van der Waals surface area contributed by atoms with Crippen molar-refractivity contribution in [1.29, 1.82) is 0 Å². The summed E-state index contributed by atoms with van der Waals surface area (Å²) in [5, 5.41) is 0. The number of thiazole rings is 2. The number of fused-ring (bicyclic) bond motifs is 1. The Morgan fingerprint density at radius 3 is 2.64 bits per heavy atom. The molecule has 0 aliphatic rings. The molecule has 4 aromatic rings. The fourth-order valence-electron chi connectivity index (χ4n) is 3.13. The minimum atomic E-state index is -0.116. The molecule has 1 aromatic carbocycles. The SMILES string of the molecule is Cc1cn2c(/C=c3\s/c(=C\C(=O)c4ccccc4C)n(C)c3=O)c(C)nc2s1. The van der Waals surface area contributed by atoms with E-state index in [9.17, 15) is 9.59 Å². The summed E-state index contributed by atoms with van der Waals surface area (Å²) in [6, 6.07) is 7.46. The van der Waals surface area contributed by atoms with Gasteiger partial charge in [-0.1, -0.05) is 24.3 Å². The van der Waals surface area contributed by atoms with Crippen LogP contribution in [0.1, 0.15) is 32.2 Å². The molecule has 7 heteroatoms. The van der Waals surface area contributed by atoms with Crippen molar-refractivity contribution < 1.29 is 4.79 Å². The lowest BCUT2D eigenvalue weighted by atomic mass is 10.1. The van der Waals surface area contributed by atoms with Gasteiger partial charge in [0.15, 0.2) is 10.7 Å². The Morgan fingerprint density at radius 1 is 1.14 bits per heavy atom. The molecule has 0 fully saturated rings. The van der Waals surface area contributed by atoms with E-state index in [2.05, 4.69) is 4.98 Å². The second kappa shape index (κ2) is 7.00. The van der Waals surface area contributed by atoms with Crippen molar-refractivity contribution in [3.8, 4) is 0 Å². The Kier molecular flexibility index (Phi) is 4.64. The zero-order chi connectivity index (χ0) is 20.0. The number of Topliss-reactive ketones (excluding diaryl/α,β-unsaturated/α-hetero) is 1. The van der Waals surface area contributed by atoms with Gasteiger partial charge in [-0.15, -0.1) is 22.7 Å². The van der Waals surface area contributed by atoms with Crippen molar-refractivity contribution in [2.24, 2.45) is 7.05 Å². The Balaban J connectivity index is 1.86. The summed E-state index contributed by atoms with van der Waals surface area (Å²) in [7, 11) is 1.70. The van der Waals surface area contributed by atoms with Gasteiger partial charge in [0.2, 0.25) is 0 Å². The maximum Gasteiger partial charge on any atom is 0.268 e. The molecule has 0 aliphatic heterocycles. The number of aromatic nitrogens is 3. The van der Waals surface area contributed by atoms with Gasteiger partial charge in [-0.25, -0.2) is 4.98 Å². The third-order valence-corrected chi connectivity index (χ3v) is 6.67. The number of hydrogen-bond acceptors (Lipinski definition) is 5. The topological polar surface area (TPSA) is 56.4 Å². The molecule has 0 radical (unpaired) electrons. The first-order chi connectivity index (χ1) is 13.3. The molecule has 0 bridgehead atoms. The molecule has 3 heterocycles. The molecular formula is C21H19N3O2S2. The Morgan fingerprint density at radius 2 is 1.89 bits per heavy atom. The van der Waals surface area contributed by atoms with Crippen LogP contribution in [0.3, 0.4) is 0 Å². The van der Waals surface area contributed by atoms with Crippen LogP contribution in [-0.4, -0.2) is 19.7 Å². The number of aryl methyl sites for hydroxylation is 3. The highest BCUT2D eigenvalue weighted by Gasteiger charge is 2.11. The number of carbonyl (C=O) groups is 1. The predicted molar refractivity (Wildman–Crippen MR) is 115 cm³/mol. The van der Waals surface area contributed by atoms with Crippen molar-refractivity contribution in [3.05, 3.63) is 77.4 Å². The number of hydrogen-bond donors (Lipinski definition) is 0. The summed E-state index contributed by atoms with van der Waals surface area (Å²) in [5.74, 6) is -0.0992. The van der Waals surface area contributed by atoms with Crippen LogP contribution in [0, 0.1) is 20.8 Å². The van der Waals surface area contributed by atoms with Gasteiger partial charge in [-0.2, -0.15) is 0 Å². The smallest absolute Gasteiger partial charge is 0.268 e. The van der Waals surface area contributed by atoms with Crippen LogP contribution in [0.2, 0.25) is 0 Å². The predicted octanol–water partition coefficient (Wildman–Crippen LogP) is 2.57. The quantitative estimate of drug-likeness (QED) is 0.489. The minimum Gasteiger partial charge on any atom is -0.302 e. The largest absolute Gasteiger partial charge is 0.302 e. The van der Waals surface area contributed by atoms with Gasteiger partial charge in [-0.05, 0) is 32.4 Å². The van der Waals surface area contributed by atoms with Crippen molar-refractivity contribution >= 4 is 45.6 Å². The molecule has 5 nitrogen and oxygen atoms in total. The molecule has 3 aromatic heterocycles. The normalized spacial score (nSPS) is 13.0. The summed E-state index contributed by atoms with van der Waals surface area (Å²) in [4.78, 5) is 32.1. The molecular weight excluding hydrogens is 390 g/mol. The average Bonchev–Trinajstić information content (AvgIpc) is 3.23. The highest BCUT2D eigenvalue weighted by molar-refractivity contribution is 7.17. The van der Waals surface area contributed by atoms with Crippen LogP contribution in [0.4, 0.5) is 0 Å². The fourth-order valence-corrected chi connectivity index (χ4v) is 5.01. The van der Waals surface area contributed by atoms with Crippen LogP contribution in [0.25, 0.3) is 17.1 Å². The highest BCUT2D eigenvalue weighted by atomic mass is 32.1. The van der Waals surface area contributed by atoms with E-state index < -0.39 is 0 Å². The van der Waals surface area contributed by atoms with Crippen molar-refractivity contribution in [1.82, 2.24) is 14.0 Å². The monoisotopic (exact) mass is 409 g/mol. The zero-order valence-electron chi connectivity index (χ0n) is 16.0. The first-order valence-electron chi connectivity index (χ1n) is 8.79. The fraction of sp³-hybridized carbons (Fsp3) is 0.190. The lowest BCUT2D eigenvalue weighted by Crippen LogP contribution is -2.29. The average molecular weight is 410 g/mol. The third kappa shape index (κ3) is 3.16. The number of nitrogens with zero attached hydrogens (tertiary/aromatic N) is 3. The molecule has 28 heavy (non-hydrogen) atoms. The van der Waals surface area contributed by atoms with E-state index in [1.165, 1.54) is 15.9 Å². The minimum absolute atomic E-state index is 0.0992. The summed E-state index contributed by atoms with van der Waals surface area (Å²) >= 11 is 2.94. The van der Waals surface area contributed by atoms with Crippen LogP contribution in [0.5, 0.6) is 0 Å². The zero-order valence-corrected chi connectivity index (χ0v) is 17.6. The van der Waals surface area contributed by atoms with E-state index in [-0.39, 0.29) is 11.3 Å². The summed E-state index contributed by atoms with van der Waals surface area (Å²) < 4.78 is 4.75. The standard InChI is InChI=1S/C21H19N3O2S2/c1-12-7-5-6-8-15(12)17(25)10-19-23(4)20(26)18(28-19)9-16-14(3)22-21-24(16)11-13(2)27-21/h5-11H,1-4H3/b18-9-,19-10-. The van der Waals surface area contributed by atoms with E-state index in [1.807, 2.05) is 55.6 Å². The van der Waals surface area contributed by atoms with Gasteiger partial charge in [0.05, 0.1) is 15.9 Å². The van der Waals surface area contributed by atoms with E-state index in [1.54, 1.807) is 30.5 Å². The van der Waals surface area contributed by atoms with Crippen molar-refractivity contribution in [2.75, 3.05) is 0 Å². The van der Waals surface area contributed by atoms with Gasteiger partial charge >= 0.3 is 0 Å². The second-order valence-corrected chi connectivity index (χ2v) is 8.99. The van der Waals surface area contributed by atoms with Crippen LogP contribution >= 0.6 is 22.7 Å². The first kappa shape index (κ1) is 18.6. The summed E-state index contributed by atoms with van der Waals surface area (Å²) in [6.07, 6.45) is 5.43. The number of carbonyl (C=O) groups excluding carboxylic acids is 1. The molecule has 142 valence electrons. The summed E-state index contributed by atoms with van der Waals surface area (Å²) in [5.41, 5.74) is 3.23. The van der Waals surface area contributed by atoms with Crippen LogP contribution in [0.15, 0.2) is 35.3 Å². The van der Waals surface area contributed by atoms with E-state index in [4.69, 9.17) is 0 Å². The third-order valence-electron chi connectivity index (χ3n) is 4.66. The maximum atomic E-state index is 12.7. The molecule has 0 spiro atoms. The van der Waals surface area contributed by atoms with Crippen LogP contribution < -0.4 is 14.8 Å². The number of benzene rings is 1. The van der Waals surface area contributed by atoms with Gasteiger partial charge in [0.1, 0.15) is 4.66 Å². The number of ketones is 1. The Bertz CT molecular complexity index is 1400. The number of imidazole rings is 1. The van der Waals surface area contributed by atoms with Gasteiger partial charge < -0.3 is 4.57 Å². The first-order valence-corrected chi connectivity index (χ1v) is 10.4. The molecule has 0 aliphatic carbocycles. The molecule has 4 rings (SSSR count). The molecule has 0 atom stereocenters. The van der Waals surface area contributed by atoms with Gasteiger partial charge in [-0.3, -0.25) is 14.0 Å². The molecule has 0 saturated carbocycles. The van der Waals surface area contributed by atoms with Crippen molar-refractivity contribution in [3.63, 3.8) is 0 Å². The van der Waals surface area contributed by atoms with E-state index >= 15 is 0 Å². The highest BCUT2D eigenvalue weighted by Crippen LogP contribution is 2.20. The molecule has 0 N–H and O–H groups in total. The maximum absolute atomic E-state index is 12.7. The van der Waals surface area contributed by atoms with Gasteiger partial charge in [0.25, 0.3) is 5.56 Å². The Labute approximate surface area is 169 Å². The number of rotatable bonds is 3. The van der Waals surface area contributed by atoms with Crippen LogP contribution in [-0.2, 0) is 7.05 Å². The summed E-state index contributed by atoms with van der Waals surface area (Å²) in [6.45, 7) is 5.88. The molecule has 0 saturated heterocycles. The second-order valence-electron chi connectivity index (χ2n) is 6.71. The Hall–Kier alpha value is -2.77. The molecule has 0 unspecified atom stereocenters. The van der Waals surface area contributed by atoms with Crippen molar-refractivity contribution in [2.45, 2.75) is 20.8 Å². The molecule has 0 amide bonds. The lowest BCUT2D eigenvalue weighted by Gasteiger charge is -1.99. The lowest BCUT2D eigenvalue weighted by molar-refractivity contribution is 0.106. The van der Waals surface area contributed by atoms with Gasteiger partial charge in [0, 0.05) is 29.8 Å². The van der Waals surface area contributed by atoms with E-state index in [0.29, 0.717) is 14.8 Å². The van der Waals surface area contributed by atoms with E-state index in [0.717, 1.165) is 26.8 Å².